The van der Waals surface area contributed by atoms with Crippen molar-refractivity contribution in [2.45, 2.75) is 37.5 Å². The minimum Gasteiger partial charge on any atom is -0.286 e. The van der Waals surface area contributed by atoms with Crippen LogP contribution in [-0.4, -0.2) is 7.58 Å². The maximum Gasteiger partial charge on any atom is 0.211 e. The van der Waals surface area contributed by atoms with E-state index in [1.54, 1.807) is 45.2 Å². The summed E-state index contributed by atoms with van der Waals surface area (Å²) in [7, 11) is 0. The fourth-order valence-corrected chi connectivity index (χ4v) is 5.26. The van der Waals surface area contributed by atoms with E-state index in [0.29, 0.717) is 12.3 Å². The molecule has 0 aromatic heterocycles. The van der Waals surface area contributed by atoms with Gasteiger partial charge in [-0.15, -0.1) is 0 Å². The summed E-state index contributed by atoms with van der Waals surface area (Å²) in [5.41, 5.74) is 1.01. The normalized spacial score (nSPS) is 12.6. The van der Waals surface area contributed by atoms with Crippen LogP contribution >= 0.6 is 45.2 Å². The van der Waals surface area contributed by atoms with Crippen LogP contribution in [0.3, 0.4) is 0 Å². The second-order valence-electron chi connectivity index (χ2n) is 5.87. The molecule has 1 atom stereocenters. The van der Waals surface area contributed by atoms with Crippen LogP contribution < -0.4 is 0 Å². The Morgan fingerprint density at radius 1 is 0.917 bits per heavy atom. The number of carbonyl (C=O) groups excluding carboxylic acids is 2. The van der Waals surface area contributed by atoms with Gasteiger partial charge in [-0.3, -0.25) is 9.59 Å². The Morgan fingerprint density at radius 2 is 1.42 bits per heavy atom. The van der Waals surface area contributed by atoms with E-state index >= 15 is 0 Å². The van der Waals surface area contributed by atoms with Crippen LogP contribution in [0.2, 0.25) is 0 Å². The highest BCUT2D eigenvalue weighted by Crippen LogP contribution is 2.39. The summed E-state index contributed by atoms with van der Waals surface area (Å²) in [6.45, 7) is 2.15. The van der Waals surface area contributed by atoms with Crippen LogP contribution in [0.4, 0.5) is 0 Å². The number of carbonyl (C=O) groups is 2. The molecule has 2 aromatic carbocycles. The number of hydrogen-bond acceptors (Lipinski definition) is 2. The Hall–Kier alpha value is -0.760. The Labute approximate surface area is 170 Å². The highest BCUT2D eigenvalue weighted by molar-refractivity contribution is 14.1. The molecular formula is C20H20I2O2. The van der Waals surface area contributed by atoms with Gasteiger partial charge < -0.3 is 0 Å². The molecule has 0 radical (unpaired) electrons. The summed E-state index contributed by atoms with van der Waals surface area (Å²) in [5, 5.41) is 0. The molecule has 0 heterocycles. The van der Waals surface area contributed by atoms with Gasteiger partial charge in [0.1, 0.15) is 5.41 Å². The zero-order valence-electron chi connectivity index (χ0n) is 13.5. The average molecular weight is 546 g/mol. The van der Waals surface area contributed by atoms with Crippen molar-refractivity contribution in [2.75, 3.05) is 0 Å². The number of rotatable bonds is 8. The van der Waals surface area contributed by atoms with E-state index in [4.69, 9.17) is 0 Å². The maximum atomic E-state index is 12.5. The molecular weight excluding hydrogens is 526 g/mol. The molecule has 4 heteroatoms. The average Bonchev–Trinajstić information content (AvgIpc) is 2.60. The lowest BCUT2D eigenvalue weighted by molar-refractivity contribution is -0.123. The van der Waals surface area contributed by atoms with Gasteiger partial charge >= 0.3 is 0 Å². The summed E-state index contributed by atoms with van der Waals surface area (Å²) in [6.07, 6.45) is 2.33. The lowest BCUT2D eigenvalue weighted by Crippen LogP contribution is -2.38. The molecule has 126 valence electrons. The van der Waals surface area contributed by atoms with Crippen molar-refractivity contribution in [1.82, 2.24) is 0 Å². The summed E-state index contributed by atoms with van der Waals surface area (Å²) in [6, 6.07) is 19.8. The smallest absolute Gasteiger partial charge is 0.211 e. The Kier molecular flexibility index (Phi) is 7.40. The first-order chi connectivity index (χ1) is 11.5. The molecule has 24 heavy (non-hydrogen) atoms. The van der Waals surface area contributed by atoms with Crippen molar-refractivity contribution in [3.05, 3.63) is 71.8 Å². The lowest BCUT2D eigenvalue weighted by atomic mass is 9.76. The fourth-order valence-electron chi connectivity index (χ4n) is 3.09. The van der Waals surface area contributed by atoms with Crippen molar-refractivity contribution in [1.29, 1.82) is 0 Å². The van der Waals surface area contributed by atoms with Crippen molar-refractivity contribution in [2.24, 2.45) is 0 Å². The first kappa shape index (κ1) is 19.6. The minimum absolute atomic E-state index is 0.103. The highest BCUT2D eigenvalue weighted by Gasteiger charge is 2.44. The van der Waals surface area contributed by atoms with Crippen LogP contribution in [0.1, 0.15) is 43.2 Å². The summed E-state index contributed by atoms with van der Waals surface area (Å²) in [5.74, 6) is 0.348. The largest absolute Gasteiger partial charge is 0.286 e. The zero-order valence-corrected chi connectivity index (χ0v) is 17.9. The summed E-state index contributed by atoms with van der Waals surface area (Å²) in [4.78, 5) is 25.0. The molecule has 0 spiro atoms. The molecule has 2 aromatic rings. The molecule has 0 fully saturated rings. The molecule has 2 nitrogen and oxygen atoms in total. The van der Waals surface area contributed by atoms with Crippen LogP contribution in [0.15, 0.2) is 60.7 Å². The number of halogens is 2. The molecule has 1 unspecified atom stereocenters. The predicted molar refractivity (Wildman–Crippen MR) is 115 cm³/mol. The van der Waals surface area contributed by atoms with Gasteiger partial charge in [0.15, 0.2) is 0 Å². The highest BCUT2D eigenvalue weighted by atomic mass is 127. The molecule has 0 aliphatic rings. The molecule has 0 aliphatic heterocycles. The number of hydrogen-bond donors (Lipinski definition) is 0. The second-order valence-corrected chi connectivity index (χ2v) is 7.83. The number of benzene rings is 2. The van der Waals surface area contributed by atoms with Crippen LogP contribution in [0.25, 0.3) is 0 Å². The minimum atomic E-state index is -1.05. The lowest BCUT2D eigenvalue weighted by Gasteiger charge is -2.29. The van der Waals surface area contributed by atoms with Crippen LogP contribution in [0.5, 0.6) is 0 Å². The summed E-state index contributed by atoms with van der Waals surface area (Å²) >= 11 is 3.57. The maximum absolute atomic E-state index is 12.5. The van der Waals surface area contributed by atoms with E-state index in [1.165, 1.54) is 5.56 Å². The van der Waals surface area contributed by atoms with Crippen molar-refractivity contribution in [3.63, 3.8) is 0 Å². The van der Waals surface area contributed by atoms with E-state index in [1.807, 2.05) is 48.5 Å². The zero-order chi connectivity index (χ0) is 17.6. The molecule has 0 saturated carbocycles. The van der Waals surface area contributed by atoms with Gasteiger partial charge in [-0.05, 0) is 36.3 Å². The first-order valence-electron chi connectivity index (χ1n) is 8.02. The quantitative estimate of drug-likeness (QED) is 0.238. The molecule has 0 amide bonds. The predicted octanol–water partition coefficient (Wildman–Crippen LogP) is 5.82. The molecule has 2 rings (SSSR count). The van der Waals surface area contributed by atoms with Crippen molar-refractivity contribution in [3.8, 4) is 0 Å². The molecule has 0 aliphatic carbocycles. The molecule has 0 N–H and O–H groups in total. The molecule has 0 saturated heterocycles. The van der Waals surface area contributed by atoms with Gasteiger partial charge in [0.25, 0.3) is 0 Å². The van der Waals surface area contributed by atoms with Crippen LogP contribution in [0, 0.1) is 0 Å². The second kappa shape index (κ2) is 9.08. The van der Waals surface area contributed by atoms with E-state index in [2.05, 4.69) is 19.1 Å². The monoisotopic (exact) mass is 546 g/mol. The van der Waals surface area contributed by atoms with Crippen LogP contribution in [-0.2, 0) is 15.0 Å². The Bertz CT molecular complexity index is 669. The third-order valence-corrected chi connectivity index (χ3v) is 6.41. The van der Waals surface area contributed by atoms with Gasteiger partial charge in [0.2, 0.25) is 7.58 Å². The van der Waals surface area contributed by atoms with Gasteiger partial charge in [0, 0.05) is 45.2 Å². The topological polar surface area (TPSA) is 34.1 Å². The van der Waals surface area contributed by atoms with Gasteiger partial charge in [-0.1, -0.05) is 67.6 Å². The van der Waals surface area contributed by atoms with E-state index in [9.17, 15) is 9.59 Å². The van der Waals surface area contributed by atoms with E-state index in [0.717, 1.165) is 18.4 Å². The van der Waals surface area contributed by atoms with E-state index in [-0.39, 0.29) is 7.58 Å². The van der Waals surface area contributed by atoms with Crippen molar-refractivity contribution < 1.29 is 9.59 Å². The van der Waals surface area contributed by atoms with Gasteiger partial charge in [-0.2, -0.15) is 0 Å². The summed E-state index contributed by atoms with van der Waals surface area (Å²) < 4.78 is -0.206. The SMILES string of the molecule is CCC(CCC(C(=O)I)(C(=O)I)c1ccccc1)c1ccccc1. The third-order valence-electron chi connectivity index (χ3n) is 4.57. The standard InChI is InChI=1S/C20H20I2O2/c1-2-15(16-9-5-3-6-10-16)13-14-20(18(21)23,19(22)24)17-11-7-4-8-12-17/h3-12,15H,2,13-14H2,1H3. The van der Waals surface area contributed by atoms with E-state index < -0.39 is 5.41 Å². The fraction of sp³-hybridized carbons (Fsp3) is 0.300. The Balaban J connectivity index is 2.32. The first-order valence-corrected chi connectivity index (χ1v) is 10.2. The third kappa shape index (κ3) is 4.25. The van der Waals surface area contributed by atoms with Crippen molar-refractivity contribution >= 4 is 52.8 Å². The Morgan fingerprint density at radius 3 is 1.88 bits per heavy atom. The van der Waals surface area contributed by atoms with Gasteiger partial charge in [0.05, 0.1) is 0 Å². The molecule has 0 bridgehead atoms. The van der Waals surface area contributed by atoms with Gasteiger partial charge in [-0.25, -0.2) is 0 Å².